The summed E-state index contributed by atoms with van der Waals surface area (Å²) in [5, 5.41) is 0. The average molecular weight is 177 g/mol. The molecule has 0 aromatic rings. The molecular formula is C6H13N2O2S-. The van der Waals surface area contributed by atoms with Crippen molar-refractivity contribution in [1.82, 2.24) is 4.31 Å². The Kier molecular flexibility index (Phi) is 3.45. The largest absolute Gasteiger partial charge is 0.760 e. The molecule has 1 heterocycles. The first-order valence-corrected chi connectivity index (χ1v) is 4.81. The number of piperidine rings is 1. The maximum Gasteiger partial charge on any atom is 0.0209 e. The first-order chi connectivity index (χ1) is 5.24. The van der Waals surface area contributed by atoms with Crippen molar-refractivity contribution in [1.29, 1.82) is 0 Å². The van der Waals surface area contributed by atoms with Crippen LogP contribution in [0.25, 0.3) is 0 Å². The highest BCUT2D eigenvalue weighted by molar-refractivity contribution is 7.76. The summed E-state index contributed by atoms with van der Waals surface area (Å²) >= 11 is -2.03. The lowest BCUT2D eigenvalue weighted by molar-refractivity contribution is 0.272. The van der Waals surface area contributed by atoms with Gasteiger partial charge < -0.3 is 10.3 Å². The zero-order chi connectivity index (χ0) is 8.27. The zero-order valence-electron chi connectivity index (χ0n) is 6.36. The third-order valence-electron chi connectivity index (χ3n) is 2.12. The zero-order valence-corrected chi connectivity index (χ0v) is 7.18. The van der Waals surface area contributed by atoms with E-state index in [1.54, 1.807) is 0 Å². The van der Waals surface area contributed by atoms with Crippen LogP contribution in [0.5, 0.6) is 0 Å². The maximum absolute atomic E-state index is 10.4. The first-order valence-electron chi connectivity index (χ1n) is 3.78. The summed E-state index contributed by atoms with van der Waals surface area (Å²) in [7, 11) is 0. The smallest absolute Gasteiger partial charge is 0.0209 e. The van der Waals surface area contributed by atoms with Crippen LogP contribution in [0.3, 0.4) is 0 Å². The summed E-state index contributed by atoms with van der Waals surface area (Å²) in [4.78, 5) is 0. The van der Waals surface area contributed by atoms with Crippen molar-refractivity contribution in [2.45, 2.75) is 12.8 Å². The Morgan fingerprint density at radius 2 is 2.09 bits per heavy atom. The summed E-state index contributed by atoms with van der Waals surface area (Å²) in [6.07, 6.45) is 1.81. The fourth-order valence-electron chi connectivity index (χ4n) is 1.29. The highest BCUT2D eigenvalue weighted by atomic mass is 32.2. The van der Waals surface area contributed by atoms with Crippen molar-refractivity contribution in [3.8, 4) is 0 Å². The van der Waals surface area contributed by atoms with Gasteiger partial charge in [0.25, 0.3) is 0 Å². The fraction of sp³-hybridized carbons (Fsp3) is 1.00. The molecule has 2 N–H and O–H groups in total. The molecule has 1 atom stereocenters. The lowest BCUT2D eigenvalue weighted by Gasteiger charge is -2.31. The molecular weight excluding hydrogens is 164 g/mol. The van der Waals surface area contributed by atoms with Crippen molar-refractivity contribution in [3.63, 3.8) is 0 Å². The molecule has 1 fully saturated rings. The van der Waals surface area contributed by atoms with Crippen LogP contribution in [0, 0.1) is 5.92 Å². The Morgan fingerprint density at radius 1 is 1.55 bits per heavy atom. The topological polar surface area (TPSA) is 69.4 Å². The lowest BCUT2D eigenvalue weighted by atomic mass is 9.99. The molecule has 0 spiro atoms. The molecule has 1 rings (SSSR count). The normalized spacial score (nSPS) is 25.3. The molecule has 0 aromatic carbocycles. The lowest BCUT2D eigenvalue weighted by Crippen LogP contribution is -2.36. The molecule has 5 heteroatoms. The summed E-state index contributed by atoms with van der Waals surface area (Å²) < 4.78 is 22.3. The van der Waals surface area contributed by atoms with Gasteiger partial charge in [0.05, 0.1) is 0 Å². The highest BCUT2D eigenvalue weighted by Gasteiger charge is 2.17. The van der Waals surface area contributed by atoms with Gasteiger partial charge >= 0.3 is 0 Å². The highest BCUT2D eigenvalue weighted by Crippen LogP contribution is 2.15. The third-order valence-corrected chi connectivity index (χ3v) is 2.90. The van der Waals surface area contributed by atoms with Gasteiger partial charge in [-0.1, -0.05) is 0 Å². The fourth-order valence-corrected chi connectivity index (χ4v) is 1.80. The quantitative estimate of drug-likeness (QED) is 0.575. The first kappa shape index (κ1) is 9.12. The van der Waals surface area contributed by atoms with E-state index in [9.17, 15) is 8.76 Å². The molecule has 1 unspecified atom stereocenters. The summed E-state index contributed by atoms with van der Waals surface area (Å²) in [6.45, 7) is 1.95. The van der Waals surface area contributed by atoms with Gasteiger partial charge in [0.1, 0.15) is 0 Å². The maximum atomic E-state index is 10.4. The second-order valence-corrected chi connectivity index (χ2v) is 3.78. The van der Waals surface area contributed by atoms with Crippen LogP contribution in [-0.2, 0) is 11.3 Å². The van der Waals surface area contributed by atoms with Crippen molar-refractivity contribution >= 4 is 11.3 Å². The minimum absolute atomic E-state index is 0.523. The van der Waals surface area contributed by atoms with Gasteiger partial charge in [-0.15, -0.1) is 0 Å². The van der Waals surface area contributed by atoms with Crippen molar-refractivity contribution in [3.05, 3.63) is 0 Å². The number of rotatable bonds is 2. The Hall–Kier alpha value is 0.0300. The predicted molar refractivity (Wildman–Crippen MR) is 42.3 cm³/mol. The van der Waals surface area contributed by atoms with E-state index in [0.717, 1.165) is 12.8 Å². The Labute approximate surface area is 69.2 Å². The van der Waals surface area contributed by atoms with Crippen LogP contribution in [-0.4, -0.2) is 32.7 Å². The molecule has 4 nitrogen and oxygen atoms in total. The Morgan fingerprint density at radius 3 is 2.45 bits per heavy atom. The molecule has 0 aliphatic carbocycles. The van der Waals surface area contributed by atoms with Gasteiger partial charge in [-0.2, -0.15) is 0 Å². The molecule has 0 amide bonds. The van der Waals surface area contributed by atoms with Crippen LogP contribution in [0.4, 0.5) is 0 Å². The summed E-state index contributed by atoms with van der Waals surface area (Å²) in [5.41, 5.74) is 5.45. The minimum atomic E-state index is -2.03. The second kappa shape index (κ2) is 4.15. The van der Waals surface area contributed by atoms with Crippen molar-refractivity contribution in [2.24, 2.45) is 11.7 Å². The molecule has 11 heavy (non-hydrogen) atoms. The number of nitrogens with two attached hydrogens (primary N) is 1. The molecule has 1 saturated heterocycles. The van der Waals surface area contributed by atoms with Crippen LogP contribution in [0.2, 0.25) is 0 Å². The summed E-state index contributed by atoms with van der Waals surface area (Å²) in [5.74, 6) is 0.523. The number of nitrogens with zero attached hydrogens (tertiary/aromatic N) is 1. The molecule has 0 aromatic heterocycles. The molecule has 1 aliphatic rings. The molecule has 0 saturated carbocycles. The van der Waals surface area contributed by atoms with E-state index in [1.165, 1.54) is 4.31 Å². The minimum Gasteiger partial charge on any atom is -0.760 e. The van der Waals surface area contributed by atoms with Gasteiger partial charge in [-0.3, -0.25) is 4.21 Å². The van der Waals surface area contributed by atoms with Gasteiger partial charge in [0, 0.05) is 24.4 Å². The van der Waals surface area contributed by atoms with E-state index in [1.807, 2.05) is 0 Å². The van der Waals surface area contributed by atoms with E-state index >= 15 is 0 Å². The van der Waals surface area contributed by atoms with Crippen LogP contribution in [0.15, 0.2) is 0 Å². The van der Waals surface area contributed by atoms with Crippen molar-refractivity contribution < 1.29 is 8.76 Å². The summed E-state index contributed by atoms with van der Waals surface area (Å²) in [6, 6.07) is 0. The molecule has 0 bridgehead atoms. The average Bonchev–Trinajstić information content (AvgIpc) is 2.05. The van der Waals surface area contributed by atoms with E-state index < -0.39 is 11.3 Å². The Balaban J connectivity index is 2.30. The Bertz CT molecular complexity index is 146. The van der Waals surface area contributed by atoms with E-state index in [4.69, 9.17) is 5.73 Å². The van der Waals surface area contributed by atoms with Gasteiger partial charge in [0.15, 0.2) is 0 Å². The molecule has 0 radical (unpaired) electrons. The molecule has 66 valence electrons. The van der Waals surface area contributed by atoms with Gasteiger partial charge in [-0.05, 0) is 25.3 Å². The van der Waals surface area contributed by atoms with Crippen LogP contribution in [0.1, 0.15) is 12.8 Å². The molecule has 1 aliphatic heterocycles. The third kappa shape index (κ3) is 2.52. The monoisotopic (exact) mass is 177 g/mol. The van der Waals surface area contributed by atoms with E-state index in [0.29, 0.717) is 25.6 Å². The van der Waals surface area contributed by atoms with Crippen molar-refractivity contribution in [2.75, 3.05) is 19.6 Å². The number of hydrogen-bond acceptors (Lipinski definition) is 3. The number of hydrogen-bond donors (Lipinski definition) is 1. The van der Waals surface area contributed by atoms with Gasteiger partial charge in [0.2, 0.25) is 0 Å². The van der Waals surface area contributed by atoms with E-state index in [-0.39, 0.29) is 0 Å². The second-order valence-electron chi connectivity index (χ2n) is 2.83. The standard InChI is InChI=1S/C6H14N2O2S/c7-5-6-1-3-8(4-2-6)11(9)10/h6H,1-5,7H2,(H,9,10)/p-1. The predicted octanol–water partition coefficient (Wildman–Crippen LogP) is -0.549. The van der Waals surface area contributed by atoms with Crippen LogP contribution >= 0.6 is 0 Å². The van der Waals surface area contributed by atoms with Gasteiger partial charge in [-0.25, -0.2) is 4.31 Å². The SMILES string of the molecule is NCC1CCN(S(=O)[O-])CC1. The van der Waals surface area contributed by atoms with E-state index in [2.05, 4.69) is 0 Å². The van der Waals surface area contributed by atoms with Crippen LogP contribution < -0.4 is 5.73 Å².